The van der Waals surface area contributed by atoms with Gasteiger partial charge in [0.05, 0.1) is 49.1 Å². The molecule has 0 radical (unpaired) electrons. The van der Waals surface area contributed by atoms with E-state index < -0.39 is 0 Å². The van der Waals surface area contributed by atoms with E-state index in [9.17, 15) is 9.59 Å². The lowest BCUT2D eigenvalue weighted by Crippen LogP contribution is -2.53. The molecule has 2 saturated carbocycles. The highest BCUT2D eigenvalue weighted by atomic mass is 16.6. The summed E-state index contributed by atoms with van der Waals surface area (Å²) < 4.78 is 36.2. The second-order valence-corrected chi connectivity index (χ2v) is 17.3. The lowest BCUT2D eigenvalue weighted by molar-refractivity contribution is -0.135. The molecule has 11 nitrogen and oxygen atoms in total. The predicted molar refractivity (Wildman–Crippen MR) is 201 cm³/mol. The number of amides is 2. The topological polar surface area (TPSA) is 129 Å². The van der Waals surface area contributed by atoms with Crippen molar-refractivity contribution >= 4 is 11.8 Å². The minimum Gasteiger partial charge on any atom is -0.400 e. The van der Waals surface area contributed by atoms with Crippen molar-refractivity contribution in [3.05, 3.63) is 23.3 Å². The fourth-order valence-electron chi connectivity index (χ4n) is 9.20. The van der Waals surface area contributed by atoms with E-state index in [0.29, 0.717) is 18.4 Å². The van der Waals surface area contributed by atoms with E-state index in [2.05, 4.69) is 47.6 Å². The van der Waals surface area contributed by atoms with E-state index in [1.54, 1.807) is 44.2 Å². The summed E-state index contributed by atoms with van der Waals surface area (Å²) in [6.07, 6.45) is 11.8. The molecule has 4 heterocycles. The Hall–Kier alpha value is -1.86. The molecule has 2 spiro atoms. The van der Waals surface area contributed by atoms with Crippen LogP contribution in [0.15, 0.2) is 23.3 Å². The maximum Gasteiger partial charge on any atom is 0.246 e. The second-order valence-electron chi connectivity index (χ2n) is 17.3. The number of hydrogen-bond donors (Lipinski definition) is 1. The van der Waals surface area contributed by atoms with Crippen LogP contribution >= 0.6 is 0 Å². The van der Waals surface area contributed by atoms with Gasteiger partial charge in [-0.15, -0.1) is 0 Å². The fourth-order valence-corrected chi connectivity index (χ4v) is 9.20. The lowest BCUT2D eigenvalue weighted by atomic mass is 9.64. The van der Waals surface area contributed by atoms with Crippen LogP contribution in [0.2, 0.25) is 0 Å². The standard InChI is InChI=1S/C20H35NO4.C20H31NO4.CH4O/c2*1-13(2)7-8-15-19(3,25-15)18-17(23-6)14(11-16(22)21(4)5)9-10-20(18)12-24-20;1-2/h13-15,17-18H,7-12H2,1-6H3;7,11,15,17-18H,8-10,12H2,1-6H3;2H,1H3/t14?,15-,17-,18-,19+,20+;15-,17-,18-,19+,20+;/m11./s1. The highest BCUT2D eigenvalue weighted by Gasteiger charge is 2.72. The van der Waals surface area contributed by atoms with Crippen LogP contribution in [0.1, 0.15) is 92.9 Å². The summed E-state index contributed by atoms with van der Waals surface area (Å²) in [5.41, 5.74) is 1.70. The summed E-state index contributed by atoms with van der Waals surface area (Å²) in [4.78, 5) is 27.7. The Morgan fingerprint density at radius 1 is 0.904 bits per heavy atom. The van der Waals surface area contributed by atoms with Gasteiger partial charge >= 0.3 is 0 Å². The van der Waals surface area contributed by atoms with Crippen molar-refractivity contribution in [2.45, 2.75) is 140 Å². The fraction of sp³-hybridized carbons (Fsp3) is 0.854. The van der Waals surface area contributed by atoms with E-state index in [-0.39, 0.29) is 70.3 Å². The quantitative estimate of drug-likeness (QED) is 0.164. The number of rotatable bonds is 12. The van der Waals surface area contributed by atoms with Gasteiger partial charge in [-0.25, -0.2) is 0 Å². The van der Waals surface area contributed by atoms with E-state index in [1.807, 2.05) is 14.1 Å². The molecule has 6 rings (SSSR count). The Morgan fingerprint density at radius 3 is 1.98 bits per heavy atom. The first-order valence-corrected chi connectivity index (χ1v) is 19.4. The number of methoxy groups -OCH3 is 2. The largest absolute Gasteiger partial charge is 0.400 e. The minimum absolute atomic E-state index is 0.00595. The molecule has 1 unspecified atom stereocenters. The minimum atomic E-state index is -0.260. The van der Waals surface area contributed by atoms with Gasteiger partial charge in [-0.05, 0) is 90.0 Å². The molecule has 1 N–H and O–H groups in total. The monoisotopic (exact) mass is 735 g/mol. The van der Waals surface area contributed by atoms with Crippen LogP contribution in [0.3, 0.4) is 0 Å². The number of carbonyl (C=O) groups excluding carboxylic acids is 2. The van der Waals surface area contributed by atoms with Crippen molar-refractivity contribution in [3.8, 4) is 0 Å². The Labute approximate surface area is 313 Å². The summed E-state index contributed by atoms with van der Waals surface area (Å²) in [5, 5.41) is 7.00. The summed E-state index contributed by atoms with van der Waals surface area (Å²) >= 11 is 0. The summed E-state index contributed by atoms with van der Waals surface area (Å²) in [7, 11) is 11.7. The number of likely N-dealkylation sites (N-methyl/N-ethyl adjacent to an activating group) is 1. The molecule has 0 aromatic carbocycles. The highest BCUT2D eigenvalue weighted by molar-refractivity contribution is 5.88. The smallest absolute Gasteiger partial charge is 0.246 e. The van der Waals surface area contributed by atoms with Gasteiger partial charge in [0, 0.05) is 67.9 Å². The van der Waals surface area contributed by atoms with Gasteiger partial charge in [0.1, 0.15) is 16.8 Å². The predicted octanol–water partition coefficient (Wildman–Crippen LogP) is 5.19. The molecule has 2 aliphatic carbocycles. The zero-order valence-electron chi connectivity index (χ0n) is 34.5. The number of hydrogen-bond acceptors (Lipinski definition) is 9. The molecule has 0 aromatic heterocycles. The van der Waals surface area contributed by atoms with Crippen LogP contribution in [0, 0.1) is 23.7 Å². The van der Waals surface area contributed by atoms with Gasteiger partial charge in [0.15, 0.2) is 0 Å². The first-order valence-electron chi connectivity index (χ1n) is 19.4. The number of aliphatic hydroxyl groups is 1. The maximum absolute atomic E-state index is 12.3. The first kappa shape index (κ1) is 42.9. The van der Waals surface area contributed by atoms with E-state index in [1.165, 1.54) is 12.0 Å². The van der Waals surface area contributed by atoms with Gasteiger partial charge in [-0.1, -0.05) is 25.5 Å². The number of epoxide rings is 4. The molecule has 2 amide bonds. The number of ether oxygens (including phenoxy) is 6. The van der Waals surface area contributed by atoms with Crippen molar-refractivity contribution < 1.29 is 43.1 Å². The molecule has 11 heteroatoms. The summed E-state index contributed by atoms with van der Waals surface area (Å²) in [6, 6.07) is 0. The normalized spacial score (nSPS) is 40.3. The van der Waals surface area contributed by atoms with Gasteiger partial charge in [0.25, 0.3) is 0 Å². The van der Waals surface area contributed by atoms with Gasteiger partial charge in [-0.2, -0.15) is 0 Å². The van der Waals surface area contributed by atoms with Crippen LogP contribution in [-0.4, -0.2) is 136 Å². The number of nitrogens with zero attached hydrogens (tertiary/aromatic N) is 2. The van der Waals surface area contributed by atoms with Crippen molar-refractivity contribution in [3.63, 3.8) is 0 Å². The second kappa shape index (κ2) is 16.9. The molecule has 4 aliphatic heterocycles. The molecule has 52 heavy (non-hydrogen) atoms. The maximum atomic E-state index is 12.3. The van der Waals surface area contributed by atoms with Crippen LogP contribution < -0.4 is 0 Å². The van der Waals surface area contributed by atoms with E-state index in [0.717, 1.165) is 64.4 Å². The molecule has 6 fully saturated rings. The van der Waals surface area contributed by atoms with Crippen molar-refractivity contribution in [1.29, 1.82) is 0 Å². The van der Waals surface area contributed by atoms with E-state index >= 15 is 0 Å². The van der Waals surface area contributed by atoms with Gasteiger partial charge in [0.2, 0.25) is 11.8 Å². The average Bonchev–Trinajstić information content (AvgIpc) is 3.97. The van der Waals surface area contributed by atoms with Crippen LogP contribution in [0.5, 0.6) is 0 Å². The molecule has 0 bridgehead atoms. The number of carbonyl (C=O) groups is 2. The highest BCUT2D eigenvalue weighted by Crippen LogP contribution is 2.62. The Kier molecular flexibility index (Phi) is 13.9. The van der Waals surface area contributed by atoms with Gasteiger partial charge in [-0.3, -0.25) is 9.59 Å². The lowest BCUT2D eigenvalue weighted by Gasteiger charge is -2.43. The van der Waals surface area contributed by atoms with E-state index in [4.69, 9.17) is 33.5 Å². The zero-order chi connectivity index (χ0) is 38.8. The summed E-state index contributed by atoms with van der Waals surface area (Å²) in [6.45, 7) is 14.7. The number of aliphatic hydroxyl groups excluding tert-OH is 1. The van der Waals surface area contributed by atoms with Crippen molar-refractivity contribution in [2.24, 2.45) is 23.7 Å². The van der Waals surface area contributed by atoms with Crippen LogP contribution in [-0.2, 0) is 38.0 Å². The van der Waals surface area contributed by atoms with Crippen LogP contribution in [0.4, 0.5) is 0 Å². The van der Waals surface area contributed by atoms with Crippen molar-refractivity contribution in [2.75, 3.05) is 62.7 Å². The van der Waals surface area contributed by atoms with Crippen molar-refractivity contribution in [1.82, 2.24) is 9.80 Å². The molecule has 0 aromatic rings. The Bertz CT molecular complexity index is 1300. The molecular formula is C41H70N2O9. The molecule has 4 saturated heterocycles. The SMILES string of the molecule is CO.CO[C@@H]1C(=CC(=O)N(C)C)CC[C@]2(CO2)[C@H]1[C@@]1(C)O[C@@H]1CC=C(C)C.CO[C@@H]1C(CC(=O)N(C)C)CC[C@]2(CO2)[C@H]1[C@@]1(C)O[C@@H]1CCC(C)C. The third kappa shape index (κ3) is 9.15. The Balaban J connectivity index is 0.000000222. The average molecular weight is 735 g/mol. The molecule has 298 valence electrons. The van der Waals surface area contributed by atoms with Crippen LogP contribution in [0.25, 0.3) is 0 Å². The van der Waals surface area contributed by atoms with Gasteiger partial charge < -0.3 is 43.3 Å². The molecule has 11 atom stereocenters. The third-order valence-corrected chi connectivity index (χ3v) is 12.5. The number of allylic oxidation sites excluding steroid dienone is 1. The zero-order valence-corrected chi connectivity index (χ0v) is 34.5. The summed E-state index contributed by atoms with van der Waals surface area (Å²) in [5.74, 6) is 1.45. The first-order chi connectivity index (χ1) is 24.5. The Morgan fingerprint density at radius 2 is 1.48 bits per heavy atom. The molecule has 6 aliphatic rings. The molecular weight excluding hydrogens is 664 g/mol. The third-order valence-electron chi connectivity index (χ3n) is 12.5.